The van der Waals surface area contributed by atoms with Gasteiger partial charge in [0.15, 0.2) is 0 Å². The highest BCUT2D eigenvalue weighted by atomic mass is 19.1. The molecule has 0 aliphatic heterocycles. The third kappa shape index (κ3) is 1.90. The quantitative estimate of drug-likeness (QED) is 0.806. The average molecular weight is 251 g/mol. The van der Waals surface area contributed by atoms with Gasteiger partial charge in [-0.05, 0) is 30.9 Å². The highest BCUT2D eigenvalue weighted by Gasteiger charge is 2.47. The zero-order chi connectivity index (χ0) is 13.7. The lowest BCUT2D eigenvalue weighted by Crippen LogP contribution is -2.22. The lowest BCUT2D eigenvalue weighted by molar-refractivity contribution is -0.114. The summed E-state index contributed by atoms with van der Waals surface area (Å²) in [6.45, 7) is 6.84. The first kappa shape index (κ1) is 13.0. The molecule has 1 amide bonds. The van der Waals surface area contributed by atoms with E-state index < -0.39 is 11.0 Å². The Labute approximate surface area is 106 Å². The topological polar surface area (TPSA) is 49.3 Å². The Balaban J connectivity index is 2.70. The number of rotatable bonds is 1. The van der Waals surface area contributed by atoms with Crippen LogP contribution in [0.4, 0.5) is 10.1 Å². The first-order valence-electron chi connectivity index (χ1n) is 5.98. The van der Waals surface area contributed by atoms with Gasteiger partial charge in [0.1, 0.15) is 5.82 Å². The molecule has 0 aromatic heterocycles. The van der Waals surface area contributed by atoms with Crippen LogP contribution < -0.4 is 5.32 Å². The van der Waals surface area contributed by atoms with Crippen molar-refractivity contribution in [2.75, 3.05) is 5.32 Å². The van der Waals surface area contributed by atoms with Crippen molar-refractivity contribution in [2.45, 2.75) is 45.1 Å². The molecule has 1 aliphatic carbocycles. The molecule has 0 spiro atoms. The monoisotopic (exact) mass is 251 g/mol. The predicted octanol–water partition coefficient (Wildman–Crippen LogP) is 2.67. The summed E-state index contributed by atoms with van der Waals surface area (Å²) < 4.78 is 14.0. The van der Waals surface area contributed by atoms with E-state index in [1.165, 1.54) is 19.1 Å². The van der Waals surface area contributed by atoms with Crippen LogP contribution in [-0.2, 0) is 15.8 Å². The van der Waals surface area contributed by atoms with Gasteiger partial charge < -0.3 is 10.4 Å². The minimum absolute atomic E-state index is 0.232. The summed E-state index contributed by atoms with van der Waals surface area (Å²) >= 11 is 0. The number of hydrogen-bond acceptors (Lipinski definition) is 2. The summed E-state index contributed by atoms with van der Waals surface area (Å²) in [6, 6.07) is 2.85. The van der Waals surface area contributed by atoms with E-state index in [9.17, 15) is 14.3 Å². The van der Waals surface area contributed by atoms with Gasteiger partial charge in [-0.15, -0.1) is 0 Å². The van der Waals surface area contributed by atoms with Crippen molar-refractivity contribution in [3.63, 3.8) is 0 Å². The van der Waals surface area contributed by atoms with Gasteiger partial charge in [-0.25, -0.2) is 4.39 Å². The first-order valence-corrected chi connectivity index (χ1v) is 5.98. The normalized spacial score (nSPS) is 24.8. The second-order valence-corrected chi connectivity index (χ2v) is 5.86. The zero-order valence-corrected chi connectivity index (χ0v) is 11.1. The van der Waals surface area contributed by atoms with Crippen molar-refractivity contribution in [3.05, 3.63) is 29.1 Å². The summed E-state index contributed by atoms with van der Waals surface area (Å²) in [5, 5.41) is 13.1. The highest BCUT2D eigenvalue weighted by Crippen LogP contribution is 2.51. The second kappa shape index (κ2) is 3.79. The number of carbonyl (C=O) groups excluding carboxylic acids is 1. The molecule has 2 rings (SSSR count). The SMILES string of the molecule is CC(=O)Nc1ccc(F)c2c1[C@@](C)(O)CC2(C)C. The van der Waals surface area contributed by atoms with Crippen molar-refractivity contribution in [2.24, 2.45) is 0 Å². The van der Waals surface area contributed by atoms with E-state index in [0.29, 0.717) is 23.2 Å². The Morgan fingerprint density at radius 2 is 1.94 bits per heavy atom. The van der Waals surface area contributed by atoms with Crippen LogP contribution in [-0.4, -0.2) is 11.0 Å². The Kier molecular flexibility index (Phi) is 2.74. The first-order chi connectivity index (χ1) is 8.15. The van der Waals surface area contributed by atoms with Gasteiger partial charge in [-0.2, -0.15) is 0 Å². The number of amides is 1. The standard InChI is InChI=1S/C14H18FNO2/c1-8(17)16-10-6-5-9(15)11-12(10)14(4,18)7-13(11,2)3/h5-6,18H,7H2,1-4H3,(H,16,17)/t14-/m0/s1. The van der Waals surface area contributed by atoms with Gasteiger partial charge in [-0.1, -0.05) is 13.8 Å². The van der Waals surface area contributed by atoms with Crippen LogP contribution in [0, 0.1) is 5.82 Å². The van der Waals surface area contributed by atoms with Crippen LogP contribution in [0.3, 0.4) is 0 Å². The highest BCUT2D eigenvalue weighted by molar-refractivity contribution is 5.90. The molecule has 2 N–H and O–H groups in total. The summed E-state index contributed by atoms with van der Waals surface area (Å²) in [7, 11) is 0. The minimum atomic E-state index is -1.13. The molecule has 3 nitrogen and oxygen atoms in total. The maximum absolute atomic E-state index is 14.0. The van der Waals surface area contributed by atoms with Crippen LogP contribution in [0.1, 0.15) is 45.2 Å². The number of aliphatic hydroxyl groups is 1. The largest absolute Gasteiger partial charge is 0.385 e. The van der Waals surface area contributed by atoms with Crippen LogP contribution in [0.25, 0.3) is 0 Å². The number of nitrogens with one attached hydrogen (secondary N) is 1. The molecule has 0 bridgehead atoms. The maximum atomic E-state index is 14.0. The third-order valence-corrected chi connectivity index (χ3v) is 3.47. The number of carbonyl (C=O) groups is 1. The predicted molar refractivity (Wildman–Crippen MR) is 67.9 cm³/mol. The van der Waals surface area contributed by atoms with E-state index in [1.807, 2.05) is 13.8 Å². The Hall–Kier alpha value is -1.42. The maximum Gasteiger partial charge on any atom is 0.221 e. The van der Waals surface area contributed by atoms with Gasteiger partial charge in [-0.3, -0.25) is 4.79 Å². The molecular formula is C14H18FNO2. The molecule has 0 saturated carbocycles. The molecule has 0 saturated heterocycles. The molecule has 98 valence electrons. The molecule has 1 atom stereocenters. The Morgan fingerprint density at radius 3 is 2.50 bits per heavy atom. The summed E-state index contributed by atoms with van der Waals surface area (Å²) in [6.07, 6.45) is 0.433. The second-order valence-electron chi connectivity index (χ2n) is 5.86. The number of benzene rings is 1. The van der Waals surface area contributed by atoms with Gasteiger partial charge in [0.25, 0.3) is 0 Å². The van der Waals surface area contributed by atoms with Crippen LogP contribution in [0.15, 0.2) is 12.1 Å². The van der Waals surface area contributed by atoms with Crippen molar-refractivity contribution in [1.29, 1.82) is 0 Å². The van der Waals surface area contributed by atoms with E-state index in [0.717, 1.165) is 0 Å². The summed E-state index contributed by atoms with van der Waals surface area (Å²) in [4.78, 5) is 11.2. The summed E-state index contributed by atoms with van der Waals surface area (Å²) in [5.41, 5.74) is -0.0771. The lowest BCUT2D eigenvalue weighted by Gasteiger charge is -2.22. The van der Waals surface area contributed by atoms with Crippen LogP contribution in [0.2, 0.25) is 0 Å². The molecule has 0 unspecified atom stereocenters. The van der Waals surface area contributed by atoms with Crippen LogP contribution >= 0.6 is 0 Å². The molecule has 18 heavy (non-hydrogen) atoms. The lowest BCUT2D eigenvalue weighted by atomic mass is 9.85. The average Bonchev–Trinajstić information content (AvgIpc) is 2.36. The van der Waals surface area contributed by atoms with Gasteiger partial charge in [0.05, 0.1) is 5.60 Å². The molecule has 0 fully saturated rings. The number of fused-ring (bicyclic) bond motifs is 1. The molecule has 0 heterocycles. The summed E-state index contributed by atoms with van der Waals surface area (Å²) in [5.74, 6) is -0.564. The molecular weight excluding hydrogens is 233 g/mol. The number of halogens is 1. The van der Waals surface area contributed by atoms with Crippen molar-refractivity contribution in [3.8, 4) is 0 Å². The van der Waals surface area contributed by atoms with Crippen molar-refractivity contribution in [1.82, 2.24) is 0 Å². The fourth-order valence-electron chi connectivity index (χ4n) is 3.13. The third-order valence-electron chi connectivity index (χ3n) is 3.47. The molecule has 0 radical (unpaired) electrons. The van der Waals surface area contributed by atoms with Gasteiger partial charge in [0, 0.05) is 23.7 Å². The Morgan fingerprint density at radius 1 is 1.33 bits per heavy atom. The van der Waals surface area contributed by atoms with E-state index in [2.05, 4.69) is 5.32 Å². The fourth-order valence-corrected chi connectivity index (χ4v) is 3.13. The van der Waals surface area contributed by atoms with Crippen LogP contribution in [0.5, 0.6) is 0 Å². The smallest absolute Gasteiger partial charge is 0.221 e. The van der Waals surface area contributed by atoms with Gasteiger partial charge in [0.2, 0.25) is 5.91 Å². The van der Waals surface area contributed by atoms with Crippen molar-refractivity contribution < 1.29 is 14.3 Å². The van der Waals surface area contributed by atoms with E-state index in [4.69, 9.17) is 0 Å². The van der Waals surface area contributed by atoms with E-state index in [1.54, 1.807) is 6.92 Å². The van der Waals surface area contributed by atoms with Crippen molar-refractivity contribution >= 4 is 11.6 Å². The minimum Gasteiger partial charge on any atom is -0.385 e. The number of hydrogen-bond donors (Lipinski definition) is 2. The molecule has 1 aliphatic rings. The number of anilines is 1. The zero-order valence-electron chi connectivity index (χ0n) is 11.1. The van der Waals surface area contributed by atoms with E-state index >= 15 is 0 Å². The van der Waals surface area contributed by atoms with Gasteiger partial charge >= 0.3 is 0 Å². The molecule has 1 aromatic carbocycles. The van der Waals surface area contributed by atoms with E-state index in [-0.39, 0.29) is 11.7 Å². The fraction of sp³-hybridized carbons (Fsp3) is 0.500. The Bertz CT molecular complexity index is 521. The molecule has 4 heteroatoms. The molecule has 1 aromatic rings.